The van der Waals surface area contributed by atoms with Gasteiger partial charge in [-0.15, -0.1) is 0 Å². The molecule has 0 saturated carbocycles. The highest BCUT2D eigenvalue weighted by Crippen LogP contribution is 2.14. The van der Waals surface area contributed by atoms with E-state index in [1.165, 1.54) is 0 Å². The molecule has 0 aliphatic heterocycles. The summed E-state index contributed by atoms with van der Waals surface area (Å²) >= 11 is 5.86. The number of carboxylic acids is 1. The second kappa shape index (κ2) is 8.90. The molecule has 0 atom stereocenters. The highest BCUT2D eigenvalue weighted by molar-refractivity contribution is 6.30. The van der Waals surface area contributed by atoms with Crippen LogP contribution in [0, 0.1) is 0 Å². The van der Waals surface area contributed by atoms with E-state index in [4.69, 9.17) is 16.7 Å². The highest BCUT2D eigenvalue weighted by Gasteiger charge is 2.06. The summed E-state index contributed by atoms with van der Waals surface area (Å²) in [6, 6.07) is 12.9. The lowest BCUT2D eigenvalue weighted by Crippen LogP contribution is -2.07. The minimum absolute atomic E-state index is 0.167. The first kappa shape index (κ1) is 17.0. The lowest BCUT2D eigenvalue weighted by molar-refractivity contribution is -0.137. The number of unbranched alkanes of at least 4 members (excludes halogenated alkanes) is 1. The van der Waals surface area contributed by atoms with Crippen LogP contribution in [0.15, 0.2) is 53.8 Å². The van der Waals surface area contributed by atoms with Gasteiger partial charge in [0.2, 0.25) is 0 Å². The zero-order valence-electron chi connectivity index (χ0n) is 12.6. The van der Waals surface area contributed by atoms with E-state index in [-0.39, 0.29) is 6.42 Å². The van der Waals surface area contributed by atoms with Crippen molar-refractivity contribution in [1.29, 1.82) is 0 Å². The molecule has 1 aromatic heterocycles. The minimum Gasteiger partial charge on any atom is -0.481 e. The molecule has 0 bridgehead atoms. The number of hydrogen-bond donors (Lipinski definition) is 2. The van der Waals surface area contributed by atoms with Crippen molar-refractivity contribution in [2.45, 2.75) is 25.7 Å². The van der Waals surface area contributed by atoms with Gasteiger partial charge in [0.25, 0.3) is 0 Å². The maximum Gasteiger partial charge on any atom is 0.303 e. The molecular weight excluding hydrogens is 314 g/mol. The molecule has 2 aromatic rings. The highest BCUT2D eigenvalue weighted by atomic mass is 35.5. The number of carboxylic acid groups (broad SMARTS) is 1. The third-order valence-corrected chi connectivity index (χ3v) is 3.43. The van der Waals surface area contributed by atoms with Crippen molar-refractivity contribution in [1.82, 2.24) is 4.98 Å². The Morgan fingerprint density at radius 2 is 1.87 bits per heavy atom. The minimum atomic E-state index is -0.777. The fourth-order valence-electron chi connectivity index (χ4n) is 2.00. The predicted octanol–water partition coefficient (Wildman–Crippen LogP) is 4.20. The molecule has 120 valence electrons. The summed E-state index contributed by atoms with van der Waals surface area (Å²) in [5.74, 6) is -0.777. The molecule has 6 heteroatoms. The fraction of sp³-hybridized carbons (Fsp3) is 0.235. The molecule has 0 aliphatic carbocycles. The maximum absolute atomic E-state index is 10.6. The van der Waals surface area contributed by atoms with Crippen LogP contribution in [0.25, 0.3) is 0 Å². The standard InChI is InChI=1S/C17H18ClN3O2/c18-13-8-10-14(11-9-13)20-21-16(6-1-2-7-17(22)23)15-5-3-4-12-19-15/h3-5,8-12,20H,1-2,6-7H2,(H,22,23)/b21-16-. The lowest BCUT2D eigenvalue weighted by atomic mass is 10.1. The van der Waals surface area contributed by atoms with Crippen molar-refractivity contribution < 1.29 is 9.90 Å². The summed E-state index contributed by atoms with van der Waals surface area (Å²) in [6.45, 7) is 0. The van der Waals surface area contributed by atoms with E-state index in [0.717, 1.165) is 23.5 Å². The van der Waals surface area contributed by atoms with Gasteiger partial charge in [-0.3, -0.25) is 15.2 Å². The van der Waals surface area contributed by atoms with Crippen molar-refractivity contribution in [2.75, 3.05) is 5.43 Å². The number of pyridine rings is 1. The molecule has 5 nitrogen and oxygen atoms in total. The van der Waals surface area contributed by atoms with Gasteiger partial charge in [0.1, 0.15) is 0 Å². The molecule has 0 amide bonds. The van der Waals surface area contributed by atoms with Gasteiger partial charge in [0.15, 0.2) is 0 Å². The number of anilines is 1. The molecule has 0 fully saturated rings. The average molecular weight is 332 g/mol. The monoisotopic (exact) mass is 331 g/mol. The topological polar surface area (TPSA) is 74.6 Å². The van der Waals surface area contributed by atoms with Crippen LogP contribution in [0.4, 0.5) is 5.69 Å². The first-order chi connectivity index (χ1) is 11.1. The predicted molar refractivity (Wildman–Crippen MR) is 92.0 cm³/mol. The van der Waals surface area contributed by atoms with Gasteiger partial charge in [-0.1, -0.05) is 17.7 Å². The first-order valence-electron chi connectivity index (χ1n) is 7.36. The van der Waals surface area contributed by atoms with E-state index in [0.29, 0.717) is 17.9 Å². The molecule has 2 N–H and O–H groups in total. The number of aliphatic carboxylic acids is 1. The van der Waals surface area contributed by atoms with Crippen LogP contribution in [0.1, 0.15) is 31.4 Å². The number of aromatic nitrogens is 1. The fourth-order valence-corrected chi connectivity index (χ4v) is 2.13. The average Bonchev–Trinajstić information content (AvgIpc) is 2.56. The van der Waals surface area contributed by atoms with Crippen LogP contribution >= 0.6 is 11.6 Å². The van der Waals surface area contributed by atoms with Gasteiger partial charge >= 0.3 is 5.97 Å². The Labute approximate surface area is 140 Å². The van der Waals surface area contributed by atoms with Gasteiger partial charge in [-0.05, 0) is 55.7 Å². The Bertz CT molecular complexity index is 657. The summed E-state index contributed by atoms with van der Waals surface area (Å²) in [6.07, 6.45) is 3.89. The van der Waals surface area contributed by atoms with Crippen LogP contribution in [-0.4, -0.2) is 21.8 Å². The number of halogens is 1. The molecule has 0 radical (unpaired) electrons. The number of nitrogens with one attached hydrogen (secondary N) is 1. The Hall–Kier alpha value is -2.40. The third kappa shape index (κ3) is 6.08. The zero-order valence-corrected chi connectivity index (χ0v) is 13.3. The van der Waals surface area contributed by atoms with Gasteiger partial charge in [-0.25, -0.2) is 0 Å². The number of carbonyl (C=O) groups is 1. The van der Waals surface area contributed by atoms with Crippen molar-refractivity contribution in [3.63, 3.8) is 0 Å². The SMILES string of the molecule is O=C(O)CCCC/C(=N/Nc1ccc(Cl)cc1)c1ccccn1. The lowest BCUT2D eigenvalue weighted by Gasteiger charge is -2.07. The van der Waals surface area contributed by atoms with E-state index in [2.05, 4.69) is 15.5 Å². The molecular formula is C17H18ClN3O2. The molecule has 0 aliphatic rings. The van der Waals surface area contributed by atoms with E-state index in [1.807, 2.05) is 30.3 Å². The summed E-state index contributed by atoms with van der Waals surface area (Å²) in [5, 5.41) is 13.8. The Balaban J connectivity index is 2.04. The summed E-state index contributed by atoms with van der Waals surface area (Å²) in [4.78, 5) is 14.9. The number of nitrogens with zero attached hydrogens (tertiary/aromatic N) is 2. The normalized spacial score (nSPS) is 11.3. The van der Waals surface area contributed by atoms with Crippen LogP contribution < -0.4 is 5.43 Å². The van der Waals surface area contributed by atoms with E-state index < -0.39 is 5.97 Å². The van der Waals surface area contributed by atoms with E-state index in [1.54, 1.807) is 18.3 Å². The summed E-state index contributed by atoms with van der Waals surface area (Å²) in [5.41, 5.74) is 5.40. The second-order valence-electron chi connectivity index (χ2n) is 4.99. The maximum atomic E-state index is 10.6. The molecule has 2 rings (SSSR count). The summed E-state index contributed by atoms with van der Waals surface area (Å²) < 4.78 is 0. The molecule has 0 saturated heterocycles. The molecule has 0 spiro atoms. The van der Waals surface area contributed by atoms with Gasteiger partial charge in [0, 0.05) is 17.6 Å². The molecule has 23 heavy (non-hydrogen) atoms. The Morgan fingerprint density at radius 1 is 1.13 bits per heavy atom. The number of rotatable bonds is 8. The van der Waals surface area contributed by atoms with E-state index in [9.17, 15) is 4.79 Å². The number of hydrogen-bond acceptors (Lipinski definition) is 4. The zero-order chi connectivity index (χ0) is 16.5. The third-order valence-electron chi connectivity index (χ3n) is 3.18. The molecule has 0 unspecified atom stereocenters. The van der Waals surface area contributed by atoms with Gasteiger partial charge in [0.05, 0.1) is 17.1 Å². The van der Waals surface area contributed by atoms with Crippen LogP contribution in [0.5, 0.6) is 0 Å². The van der Waals surface area contributed by atoms with Gasteiger partial charge < -0.3 is 5.11 Å². The van der Waals surface area contributed by atoms with Crippen LogP contribution in [0.3, 0.4) is 0 Å². The quantitative estimate of drug-likeness (QED) is 0.432. The number of benzene rings is 1. The van der Waals surface area contributed by atoms with Crippen molar-refractivity contribution >= 4 is 29.0 Å². The number of hydrazone groups is 1. The molecule has 1 aromatic carbocycles. The van der Waals surface area contributed by atoms with Gasteiger partial charge in [-0.2, -0.15) is 5.10 Å². The largest absolute Gasteiger partial charge is 0.481 e. The van der Waals surface area contributed by atoms with Crippen molar-refractivity contribution in [2.24, 2.45) is 5.10 Å². The van der Waals surface area contributed by atoms with E-state index >= 15 is 0 Å². The second-order valence-corrected chi connectivity index (χ2v) is 5.43. The van der Waals surface area contributed by atoms with Crippen molar-refractivity contribution in [3.05, 3.63) is 59.4 Å². The first-order valence-corrected chi connectivity index (χ1v) is 7.74. The summed E-state index contributed by atoms with van der Waals surface area (Å²) in [7, 11) is 0. The smallest absolute Gasteiger partial charge is 0.303 e. The molecule has 1 heterocycles. The Morgan fingerprint density at radius 3 is 2.52 bits per heavy atom. The van der Waals surface area contributed by atoms with Crippen molar-refractivity contribution in [3.8, 4) is 0 Å². The Kier molecular flexibility index (Phi) is 6.56. The van der Waals surface area contributed by atoms with Crippen LogP contribution in [-0.2, 0) is 4.79 Å². The van der Waals surface area contributed by atoms with Crippen LogP contribution in [0.2, 0.25) is 5.02 Å².